The SMILES string of the molecule is O=C(O)CCCCN1C(=O)/C(=C\c2ccc(Br)cc2)SC1=S. The quantitative estimate of drug-likeness (QED) is 0.446. The van der Waals surface area contributed by atoms with Crippen molar-refractivity contribution in [2.24, 2.45) is 0 Å². The largest absolute Gasteiger partial charge is 0.481 e. The fraction of sp³-hybridized carbons (Fsp3) is 0.267. The average Bonchev–Trinajstić information content (AvgIpc) is 2.72. The molecule has 0 saturated carbocycles. The first kappa shape index (κ1) is 17.2. The van der Waals surface area contributed by atoms with Gasteiger partial charge < -0.3 is 5.11 Å². The van der Waals surface area contributed by atoms with E-state index in [1.54, 1.807) is 4.90 Å². The molecule has 1 fully saturated rings. The Kier molecular flexibility index (Phi) is 6.16. The van der Waals surface area contributed by atoms with E-state index < -0.39 is 5.97 Å². The predicted molar refractivity (Wildman–Crippen MR) is 95.5 cm³/mol. The van der Waals surface area contributed by atoms with E-state index in [1.807, 2.05) is 30.3 Å². The van der Waals surface area contributed by atoms with Gasteiger partial charge in [0.05, 0.1) is 4.91 Å². The van der Waals surface area contributed by atoms with E-state index in [9.17, 15) is 9.59 Å². The first-order valence-corrected chi connectivity index (χ1v) is 8.72. The predicted octanol–water partition coefficient (Wildman–Crippen LogP) is 3.91. The van der Waals surface area contributed by atoms with Crippen molar-refractivity contribution in [3.05, 3.63) is 39.2 Å². The summed E-state index contributed by atoms with van der Waals surface area (Å²) in [4.78, 5) is 25.0. The van der Waals surface area contributed by atoms with Gasteiger partial charge in [-0.05, 0) is 36.6 Å². The normalized spacial score (nSPS) is 16.6. The van der Waals surface area contributed by atoms with E-state index in [1.165, 1.54) is 11.8 Å². The number of halogens is 1. The standard InChI is InChI=1S/C15H14BrNO3S2/c16-11-6-4-10(5-7-11)9-12-14(20)17(15(21)22-12)8-2-1-3-13(18)19/h4-7,9H,1-3,8H2,(H,18,19)/b12-9+. The van der Waals surface area contributed by atoms with Crippen LogP contribution in [-0.4, -0.2) is 32.7 Å². The van der Waals surface area contributed by atoms with Crippen molar-refractivity contribution >= 4 is 62.2 Å². The topological polar surface area (TPSA) is 57.6 Å². The van der Waals surface area contributed by atoms with Gasteiger partial charge in [-0.2, -0.15) is 0 Å². The molecule has 1 saturated heterocycles. The molecule has 0 atom stereocenters. The summed E-state index contributed by atoms with van der Waals surface area (Å²) in [5, 5.41) is 8.61. The van der Waals surface area contributed by atoms with E-state index in [2.05, 4.69) is 15.9 Å². The number of aliphatic carboxylic acids is 1. The summed E-state index contributed by atoms with van der Waals surface area (Å²) >= 11 is 9.89. The lowest BCUT2D eigenvalue weighted by Gasteiger charge is -2.13. The van der Waals surface area contributed by atoms with E-state index in [0.29, 0.717) is 28.6 Å². The van der Waals surface area contributed by atoms with Gasteiger partial charge in [0, 0.05) is 17.4 Å². The zero-order chi connectivity index (χ0) is 16.1. The average molecular weight is 400 g/mol. The number of rotatable bonds is 6. The van der Waals surface area contributed by atoms with Crippen LogP contribution < -0.4 is 0 Å². The molecule has 0 aromatic heterocycles. The van der Waals surface area contributed by atoms with Crippen LogP contribution in [0, 0.1) is 0 Å². The molecule has 2 rings (SSSR count). The Labute approximate surface area is 146 Å². The molecule has 0 unspecified atom stereocenters. The van der Waals surface area contributed by atoms with Crippen molar-refractivity contribution in [2.45, 2.75) is 19.3 Å². The summed E-state index contributed by atoms with van der Waals surface area (Å²) in [7, 11) is 0. The Morgan fingerprint density at radius 1 is 1.32 bits per heavy atom. The number of carbonyl (C=O) groups excluding carboxylic acids is 1. The third-order valence-corrected chi connectivity index (χ3v) is 4.97. The summed E-state index contributed by atoms with van der Waals surface area (Å²) in [6.45, 7) is 0.468. The zero-order valence-corrected chi connectivity index (χ0v) is 14.8. The first-order valence-electron chi connectivity index (χ1n) is 6.70. The van der Waals surface area contributed by atoms with E-state index in [-0.39, 0.29) is 12.3 Å². The third-order valence-electron chi connectivity index (χ3n) is 3.06. The second-order valence-corrected chi connectivity index (χ2v) is 7.33. The van der Waals surface area contributed by atoms with Crippen molar-refractivity contribution in [3.8, 4) is 0 Å². The first-order chi connectivity index (χ1) is 10.5. The highest BCUT2D eigenvalue weighted by atomic mass is 79.9. The Hall–Kier alpha value is -1.18. The van der Waals surface area contributed by atoms with Gasteiger partial charge in [0.25, 0.3) is 5.91 Å². The second kappa shape index (κ2) is 7.89. The van der Waals surface area contributed by atoms with E-state index in [0.717, 1.165) is 10.0 Å². The van der Waals surface area contributed by atoms with Gasteiger partial charge in [-0.15, -0.1) is 0 Å². The summed E-state index contributed by atoms with van der Waals surface area (Å²) in [6.07, 6.45) is 3.11. The molecule has 1 heterocycles. The van der Waals surface area contributed by atoms with Gasteiger partial charge in [0.15, 0.2) is 0 Å². The van der Waals surface area contributed by atoms with Crippen LogP contribution in [0.3, 0.4) is 0 Å². The van der Waals surface area contributed by atoms with E-state index in [4.69, 9.17) is 17.3 Å². The van der Waals surface area contributed by atoms with Gasteiger partial charge >= 0.3 is 5.97 Å². The molecule has 0 radical (unpaired) electrons. The highest BCUT2D eigenvalue weighted by Crippen LogP contribution is 2.32. The molecular formula is C15H14BrNO3S2. The maximum absolute atomic E-state index is 12.3. The van der Waals surface area contributed by atoms with Crippen LogP contribution in [0.5, 0.6) is 0 Å². The summed E-state index contributed by atoms with van der Waals surface area (Å²) in [5.41, 5.74) is 0.939. The molecule has 4 nitrogen and oxygen atoms in total. The fourth-order valence-electron chi connectivity index (χ4n) is 1.95. The van der Waals surface area contributed by atoms with Crippen LogP contribution >= 0.6 is 39.9 Å². The van der Waals surface area contributed by atoms with Crippen LogP contribution in [0.15, 0.2) is 33.6 Å². The van der Waals surface area contributed by atoms with Crippen molar-refractivity contribution in [1.29, 1.82) is 0 Å². The summed E-state index contributed by atoms with van der Waals surface area (Å²) < 4.78 is 1.51. The molecule has 22 heavy (non-hydrogen) atoms. The molecule has 1 N–H and O–H groups in total. The van der Waals surface area contributed by atoms with Gasteiger partial charge in [0.2, 0.25) is 0 Å². The minimum Gasteiger partial charge on any atom is -0.481 e. The molecular weight excluding hydrogens is 386 g/mol. The van der Waals surface area contributed by atoms with Gasteiger partial charge in [-0.3, -0.25) is 14.5 Å². The van der Waals surface area contributed by atoms with Crippen molar-refractivity contribution in [1.82, 2.24) is 4.90 Å². The minimum absolute atomic E-state index is 0.103. The number of benzene rings is 1. The molecule has 1 aromatic carbocycles. The lowest BCUT2D eigenvalue weighted by atomic mass is 10.2. The molecule has 0 bridgehead atoms. The summed E-state index contributed by atoms with van der Waals surface area (Å²) in [6, 6.07) is 7.67. The Balaban J connectivity index is 1.99. The number of thiocarbonyl (C=S) groups is 1. The van der Waals surface area contributed by atoms with Crippen LogP contribution in [0.25, 0.3) is 6.08 Å². The smallest absolute Gasteiger partial charge is 0.303 e. The number of carbonyl (C=O) groups is 2. The van der Waals surface area contributed by atoms with Gasteiger partial charge in [-0.25, -0.2) is 0 Å². The third kappa shape index (κ3) is 4.66. The molecule has 7 heteroatoms. The van der Waals surface area contributed by atoms with Crippen LogP contribution in [0.2, 0.25) is 0 Å². The minimum atomic E-state index is -0.819. The molecule has 1 amide bonds. The zero-order valence-electron chi connectivity index (χ0n) is 11.6. The maximum atomic E-state index is 12.3. The number of nitrogens with zero attached hydrogens (tertiary/aromatic N) is 1. The Bertz CT molecular complexity index is 628. The van der Waals surface area contributed by atoms with E-state index >= 15 is 0 Å². The number of amides is 1. The molecule has 1 aromatic rings. The molecule has 1 aliphatic heterocycles. The summed E-state index contributed by atoms with van der Waals surface area (Å²) in [5.74, 6) is -0.922. The number of unbranched alkanes of at least 4 members (excludes halogenated alkanes) is 1. The Morgan fingerprint density at radius 3 is 2.64 bits per heavy atom. The van der Waals surface area contributed by atoms with Crippen LogP contribution in [0.4, 0.5) is 0 Å². The Morgan fingerprint density at radius 2 is 2.00 bits per heavy atom. The monoisotopic (exact) mass is 399 g/mol. The maximum Gasteiger partial charge on any atom is 0.303 e. The van der Waals surface area contributed by atoms with Crippen molar-refractivity contribution < 1.29 is 14.7 Å². The number of carboxylic acids is 1. The second-order valence-electron chi connectivity index (χ2n) is 4.74. The van der Waals surface area contributed by atoms with Crippen LogP contribution in [0.1, 0.15) is 24.8 Å². The number of hydrogen-bond donors (Lipinski definition) is 1. The number of thioether (sulfide) groups is 1. The highest BCUT2D eigenvalue weighted by molar-refractivity contribution is 9.10. The lowest BCUT2D eigenvalue weighted by molar-refractivity contribution is -0.137. The van der Waals surface area contributed by atoms with Crippen LogP contribution in [-0.2, 0) is 9.59 Å². The van der Waals surface area contributed by atoms with Crippen molar-refractivity contribution in [2.75, 3.05) is 6.54 Å². The lowest BCUT2D eigenvalue weighted by Crippen LogP contribution is -2.29. The van der Waals surface area contributed by atoms with Gasteiger partial charge in [-0.1, -0.05) is 52.0 Å². The highest BCUT2D eigenvalue weighted by Gasteiger charge is 2.31. The molecule has 0 aliphatic carbocycles. The van der Waals surface area contributed by atoms with Gasteiger partial charge in [0.1, 0.15) is 4.32 Å². The number of hydrogen-bond acceptors (Lipinski definition) is 4. The fourth-order valence-corrected chi connectivity index (χ4v) is 3.52. The molecule has 116 valence electrons. The van der Waals surface area contributed by atoms with Crippen molar-refractivity contribution in [3.63, 3.8) is 0 Å². The molecule has 1 aliphatic rings. The molecule has 0 spiro atoms. The number of carboxylic acid groups (broad SMARTS) is 1.